The molecular weight excluding hydrogens is 135 g/mol. The molecule has 5 heavy (non-hydrogen) atoms. The Labute approximate surface area is 37.8 Å². The summed E-state index contributed by atoms with van der Waals surface area (Å²) in [7, 11) is 0. The minimum atomic E-state index is -2.03. The molecule has 0 aromatic rings. The molecule has 0 aliphatic heterocycles. The van der Waals surface area contributed by atoms with Crippen molar-refractivity contribution in [2.24, 2.45) is 0 Å². The fourth-order valence-corrected chi connectivity index (χ4v) is 0. The first-order chi connectivity index (χ1) is 2.27. The van der Waals surface area contributed by atoms with Crippen LogP contribution in [0.1, 0.15) is 0 Å². The summed E-state index contributed by atoms with van der Waals surface area (Å²) < 4.78 is 21.6. The molecule has 0 heterocycles. The van der Waals surface area contributed by atoms with Crippen LogP contribution in [-0.2, 0) is 0 Å². The quantitative estimate of drug-likeness (QED) is 0.451. The summed E-state index contributed by atoms with van der Waals surface area (Å²) in [6, 6.07) is 0. The first kappa shape index (κ1) is 5.40. The van der Waals surface area contributed by atoms with Crippen LogP contribution in [0.4, 0.5) is 8.78 Å². The number of hydrogen-bond donors (Lipinski definition) is 0. The van der Waals surface area contributed by atoms with E-state index < -0.39 is 6.43 Å². The number of rotatable bonds is 1. The van der Waals surface area contributed by atoms with Gasteiger partial charge in [0.15, 0.2) is 0 Å². The molecule has 0 nitrogen and oxygen atoms in total. The average Bonchev–Trinajstić information content (AvgIpc) is 1.38. The molecule has 0 fully saturated rings. The molecule has 3 heteroatoms. The van der Waals surface area contributed by atoms with Gasteiger partial charge in [0.05, 0.1) is 0 Å². The molecule has 0 unspecified atom stereocenters. The Morgan fingerprint density at radius 2 is 1.80 bits per heavy atom. The normalized spacial score (nSPS) is 10.2. The van der Waals surface area contributed by atoms with E-state index in [0.29, 0.717) is 16.5 Å². The number of hydrogen-bond acceptors (Lipinski definition) is 0. The van der Waals surface area contributed by atoms with Gasteiger partial charge in [-0.2, -0.15) is 0 Å². The summed E-state index contributed by atoms with van der Waals surface area (Å²) in [5, 5.41) is 0.160. The maximum absolute atomic E-state index is 10.8. The number of alkyl halides is 2. The first-order valence-corrected chi connectivity index (χ1v) is 4.52. The SMILES string of the molecule is FC(F)[CH2][GeH3]. The Balaban J connectivity index is 2.54. The van der Waals surface area contributed by atoms with Gasteiger partial charge < -0.3 is 0 Å². The van der Waals surface area contributed by atoms with Crippen LogP contribution in [-0.4, -0.2) is 22.9 Å². The molecule has 0 N–H and O–H groups in total. The van der Waals surface area contributed by atoms with Crippen molar-refractivity contribution >= 4 is 16.5 Å². The van der Waals surface area contributed by atoms with E-state index >= 15 is 0 Å². The van der Waals surface area contributed by atoms with E-state index in [1.165, 1.54) is 0 Å². The summed E-state index contributed by atoms with van der Waals surface area (Å²) in [5.41, 5.74) is 0. The van der Waals surface area contributed by atoms with Crippen molar-refractivity contribution in [2.75, 3.05) is 0 Å². The van der Waals surface area contributed by atoms with Crippen molar-refractivity contribution in [3.05, 3.63) is 0 Å². The van der Waals surface area contributed by atoms with Crippen LogP contribution in [0.3, 0.4) is 0 Å². The van der Waals surface area contributed by atoms with Gasteiger partial charge in [-0.05, 0) is 0 Å². The van der Waals surface area contributed by atoms with Crippen molar-refractivity contribution < 1.29 is 8.78 Å². The van der Waals surface area contributed by atoms with Gasteiger partial charge in [0.25, 0.3) is 0 Å². The van der Waals surface area contributed by atoms with E-state index in [9.17, 15) is 8.78 Å². The van der Waals surface area contributed by atoms with E-state index in [-0.39, 0.29) is 5.25 Å². The van der Waals surface area contributed by atoms with Gasteiger partial charge in [0.1, 0.15) is 0 Å². The monoisotopic (exact) mass is 142 g/mol. The van der Waals surface area contributed by atoms with Crippen LogP contribution >= 0.6 is 0 Å². The Hall–Kier alpha value is 0.403. The molecule has 0 spiro atoms. The molecule has 0 rings (SSSR count). The first-order valence-electron chi connectivity index (χ1n) is 1.55. The molecule has 0 aliphatic carbocycles. The van der Waals surface area contributed by atoms with Gasteiger partial charge >= 0.3 is 37.0 Å². The fraction of sp³-hybridized carbons (Fsp3) is 1.00. The molecule has 0 aromatic heterocycles. The predicted molar refractivity (Wildman–Crippen MR) is 20.8 cm³/mol. The van der Waals surface area contributed by atoms with Gasteiger partial charge in [-0.25, -0.2) is 0 Å². The van der Waals surface area contributed by atoms with Crippen LogP contribution in [0.5, 0.6) is 0 Å². The predicted octanol–water partition coefficient (Wildman–Crippen LogP) is 0.0352. The molecule has 0 amide bonds. The van der Waals surface area contributed by atoms with Gasteiger partial charge in [-0.15, -0.1) is 0 Å². The standard InChI is InChI=1S/C2H6F2Ge/c3-2(4)1-5/h2H,1H2,5H3. The second-order valence-electron chi connectivity index (χ2n) is 0.799. The summed E-state index contributed by atoms with van der Waals surface area (Å²) >= 11 is 0.334. The Kier molecular flexibility index (Phi) is 2.84. The van der Waals surface area contributed by atoms with Crippen LogP contribution in [0, 0.1) is 0 Å². The zero-order valence-electron chi connectivity index (χ0n) is 3.04. The van der Waals surface area contributed by atoms with Gasteiger partial charge in [0, 0.05) is 0 Å². The van der Waals surface area contributed by atoms with E-state index in [0.717, 1.165) is 0 Å². The third-order valence-corrected chi connectivity index (χ3v) is 1.60. The molecule has 0 saturated carbocycles. The van der Waals surface area contributed by atoms with Crippen molar-refractivity contribution in [1.29, 1.82) is 0 Å². The van der Waals surface area contributed by atoms with Gasteiger partial charge in [-0.1, -0.05) is 0 Å². The third-order valence-electron chi connectivity index (χ3n) is 0.309. The molecule has 0 bridgehead atoms. The summed E-state index contributed by atoms with van der Waals surface area (Å²) in [6.45, 7) is 0. The summed E-state index contributed by atoms with van der Waals surface area (Å²) in [4.78, 5) is 0. The molecule has 32 valence electrons. The Bertz CT molecular complexity index is 21.6. The van der Waals surface area contributed by atoms with Crippen LogP contribution in [0.25, 0.3) is 0 Å². The van der Waals surface area contributed by atoms with Crippen LogP contribution in [0.2, 0.25) is 5.25 Å². The van der Waals surface area contributed by atoms with E-state index in [1.54, 1.807) is 0 Å². The van der Waals surface area contributed by atoms with E-state index in [4.69, 9.17) is 0 Å². The zero-order valence-corrected chi connectivity index (χ0v) is 7.24. The fourth-order valence-electron chi connectivity index (χ4n) is 0. The van der Waals surface area contributed by atoms with E-state index in [2.05, 4.69) is 0 Å². The number of halogens is 2. The molecular formula is C2H6F2Ge. The zero-order chi connectivity index (χ0) is 4.28. The summed E-state index contributed by atoms with van der Waals surface area (Å²) in [5.74, 6) is 0. The molecule has 0 saturated heterocycles. The van der Waals surface area contributed by atoms with E-state index in [1.807, 2.05) is 0 Å². The van der Waals surface area contributed by atoms with Crippen molar-refractivity contribution in [3.8, 4) is 0 Å². The average molecular weight is 141 g/mol. The minimum absolute atomic E-state index is 0.160. The van der Waals surface area contributed by atoms with Crippen molar-refractivity contribution in [1.82, 2.24) is 0 Å². The molecule has 0 aliphatic rings. The van der Waals surface area contributed by atoms with Crippen LogP contribution < -0.4 is 0 Å². The second-order valence-corrected chi connectivity index (χ2v) is 2.51. The van der Waals surface area contributed by atoms with Crippen molar-refractivity contribution in [2.45, 2.75) is 11.7 Å². The molecule has 0 aromatic carbocycles. The van der Waals surface area contributed by atoms with Crippen LogP contribution in [0.15, 0.2) is 0 Å². The summed E-state index contributed by atoms with van der Waals surface area (Å²) in [6.07, 6.45) is -2.03. The van der Waals surface area contributed by atoms with Gasteiger partial charge in [0.2, 0.25) is 0 Å². The van der Waals surface area contributed by atoms with Crippen molar-refractivity contribution in [3.63, 3.8) is 0 Å². The topological polar surface area (TPSA) is 0 Å². The van der Waals surface area contributed by atoms with Gasteiger partial charge in [-0.3, -0.25) is 0 Å². The third kappa shape index (κ3) is 4.40. The molecule has 0 atom stereocenters. The maximum atomic E-state index is 10.8. The molecule has 0 radical (unpaired) electrons. The second kappa shape index (κ2) is 2.63. The Morgan fingerprint density at radius 1 is 1.60 bits per heavy atom. The Morgan fingerprint density at radius 3 is 1.80 bits per heavy atom.